The van der Waals surface area contributed by atoms with Gasteiger partial charge in [0.25, 0.3) is 0 Å². The number of thioether (sulfide) groups is 1. The number of aliphatic imine (C=N–C) groups is 2. The first-order valence-corrected chi connectivity index (χ1v) is 15.0. The lowest BCUT2D eigenvalue weighted by Crippen LogP contribution is -2.48. The van der Waals surface area contributed by atoms with E-state index in [1.54, 1.807) is 22.8 Å². The van der Waals surface area contributed by atoms with Gasteiger partial charge in [-0.2, -0.15) is 0 Å². The summed E-state index contributed by atoms with van der Waals surface area (Å²) in [4.78, 5) is 10.9. The molecule has 1 aromatic rings. The number of amidine groups is 1. The van der Waals surface area contributed by atoms with Crippen molar-refractivity contribution in [3.05, 3.63) is 46.9 Å². The van der Waals surface area contributed by atoms with E-state index in [0.29, 0.717) is 36.3 Å². The number of halogens is 2. The van der Waals surface area contributed by atoms with Gasteiger partial charge in [-0.1, -0.05) is 13.0 Å². The summed E-state index contributed by atoms with van der Waals surface area (Å²) in [5.74, 6) is 5.77. The molecule has 0 radical (unpaired) electrons. The Morgan fingerprint density at radius 2 is 1.90 bits per heavy atom. The van der Waals surface area contributed by atoms with Crippen LogP contribution < -0.4 is 11.6 Å². The first-order chi connectivity index (χ1) is 19.3. The van der Waals surface area contributed by atoms with E-state index in [0.717, 1.165) is 43.1 Å². The molecule has 2 fully saturated rings. The Morgan fingerprint density at radius 3 is 2.49 bits per heavy atom. The second kappa shape index (κ2) is 16.4. The molecule has 3 rings (SSSR count). The van der Waals surface area contributed by atoms with Gasteiger partial charge in [-0.25, -0.2) is 19.6 Å². The summed E-state index contributed by atoms with van der Waals surface area (Å²) in [6.07, 6.45) is 4.18. The highest BCUT2D eigenvalue weighted by molar-refractivity contribution is 7.99. The van der Waals surface area contributed by atoms with Crippen LogP contribution >= 0.6 is 11.8 Å². The molecule has 1 aromatic carbocycles. The number of ether oxygens (including phenoxy) is 1. The number of nitrogens with zero attached hydrogens (tertiary/aromatic N) is 4. The summed E-state index contributed by atoms with van der Waals surface area (Å²) in [6.45, 7) is 8.72. The molecule has 0 aromatic heterocycles. The molecule has 232 valence electrons. The van der Waals surface area contributed by atoms with Gasteiger partial charge in [-0.05, 0) is 76.1 Å². The summed E-state index contributed by atoms with van der Waals surface area (Å²) >= 11 is 1.69. The molecule has 2 saturated carbocycles. The molecule has 2 aliphatic rings. The van der Waals surface area contributed by atoms with Crippen LogP contribution in [-0.2, 0) is 4.74 Å². The second-order valence-electron chi connectivity index (χ2n) is 10.7. The Hall–Kier alpha value is -2.29. The molecule has 4 atom stereocenters. The molecular weight excluding hydrogens is 554 g/mol. The summed E-state index contributed by atoms with van der Waals surface area (Å²) in [6, 6.07) is 4.01. The summed E-state index contributed by atoms with van der Waals surface area (Å²) in [5.41, 5.74) is 7.69. The Labute approximate surface area is 246 Å². The topological polar surface area (TPSA) is 153 Å². The predicted octanol–water partition coefficient (Wildman–Crippen LogP) is 2.89. The van der Waals surface area contributed by atoms with Crippen molar-refractivity contribution in [1.29, 1.82) is 0 Å². The average Bonchev–Trinajstić information content (AvgIpc) is 3.57. The van der Waals surface area contributed by atoms with Gasteiger partial charge in [0.2, 0.25) is 0 Å². The van der Waals surface area contributed by atoms with Gasteiger partial charge in [0.05, 0.1) is 25.2 Å². The fraction of sp³-hybridized carbons (Fsp3) is 0.643. The molecule has 0 aliphatic heterocycles. The molecule has 3 unspecified atom stereocenters. The first-order valence-electron chi connectivity index (χ1n) is 13.8. The molecule has 13 heteroatoms. The zero-order valence-corrected chi connectivity index (χ0v) is 25.3. The molecule has 2 aliphatic carbocycles. The highest BCUT2D eigenvalue weighted by Gasteiger charge is 2.43. The largest absolute Gasteiger partial charge is 0.394 e. The average molecular weight is 601 g/mol. The highest BCUT2D eigenvalue weighted by Crippen LogP contribution is 2.46. The van der Waals surface area contributed by atoms with Gasteiger partial charge in [-0.15, -0.1) is 11.8 Å². The van der Waals surface area contributed by atoms with Crippen LogP contribution in [0.5, 0.6) is 0 Å². The van der Waals surface area contributed by atoms with E-state index in [-0.39, 0.29) is 30.7 Å². The molecule has 41 heavy (non-hydrogen) atoms. The third kappa shape index (κ3) is 11.1. The van der Waals surface area contributed by atoms with E-state index in [1.165, 1.54) is 19.9 Å². The Morgan fingerprint density at radius 1 is 1.22 bits per heavy atom. The molecular formula is C28H46F2N6O4S. The third-order valence-electron chi connectivity index (χ3n) is 6.69. The van der Waals surface area contributed by atoms with Crippen LogP contribution in [0.15, 0.2) is 39.7 Å². The minimum absolute atomic E-state index is 0.0126. The lowest BCUT2D eigenvalue weighted by molar-refractivity contribution is -0.127. The van der Waals surface area contributed by atoms with Crippen molar-refractivity contribution in [2.75, 3.05) is 31.9 Å². The number of hydrazine groups is 1. The van der Waals surface area contributed by atoms with Gasteiger partial charge in [0.15, 0.2) is 29.1 Å². The smallest absolute Gasteiger partial charge is 0.166 e. The number of rotatable bonds is 13. The fourth-order valence-electron chi connectivity index (χ4n) is 4.69. The second-order valence-corrected chi connectivity index (χ2v) is 11.8. The van der Waals surface area contributed by atoms with Crippen LogP contribution in [-0.4, -0.2) is 93.6 Å². The number of nitrogens with two attached hydrogens (primary N) is 2. The maximum absolute atomic E-state index is 13.8. The fourth-order valence-corrected chi connectivity index (χ4v) is 5.32. The number of hydrogen-bond acceptors (Lipinski definition) is 10. The SMILES string of the molecule is C=N/C(=C(N)\C(=N/CSCCC)N(N)C1CCC(OCCO)C1)N(C)[C@@H]1CC1c1ccc(F)c(F)c1.CC(C)(O)O. The van der Waals surface area contributed by atoms with Crippen LogP contribution in [0.1, 0.15) is 64.4 Å². The quantitative estimate of drug-likeness (QED) is 0.0574. The van der Waals surface area contributed by atoms with Crippen LogP contribution in [0, 0.1) is 11.6 Å². The molecule has 0 spiro atoms. The number of hydrogen-bond donors (Lipinski definition) is 5. The minimum atomic E-state index is -1.50. The van der Waals surface area contributed by atoms with Crippen LogP contribution in [0.4, 0.5) is 8.78 Å². The number of benzene rings is 1. The van der Waals surface area contributed by atoms with Gasteiger partial charge < -0.3 is 30.7 Å². The molecule has 0 saturated heterocycles. The minimum Gasteiger partial charge on any atom is -0.394 e. The molecule has 0 amide bonds. The van der Waals surface area contributed by atoms with Crippen molar-refractivity contribution in [3.63, 3.8) is 0 Å². The Kier molecular flexibility index (Phi) is 13.9. The number of aliphatic hydroxyl groups excluding tert-OH is 1. The summed E-state index contributed by atoms with van der Waals surface area (Å²) < 4.78 is 32.8. The van der Waals surface area contributed by atoms with Crippen molar-refractivity contribution >= 4 is 24.3 Å². The number of likely N-dealkylation sites (N-methyl/N-ethyl adjacent to an activating group) is 1. The van der Waals surface area contributed by atoms with Gasteiger partial charge in [-0.3, -0.25) is 10.0 Å². The normalized spacial score (nSPS) is 22.9. The Balaban J connectivity index is 0.00000108. The van der Waals surface area contributed by atoms with E-state index in [1.807, 2.05) is 11.9 Å². The van der Waals surface area contributed by atoms with Gasteiger partial charge in [0.1, 0.15) is 5.70 Å². The van der Waals surface area contributed by atoms with Crippen molar-refractivity contribution in [3.8, 4) is 0 Å². The summed E-state index contributed by atoms with van der Waals surface area (Å²) in [5, 5.41) is 26.8. The van der Waals surface area contributed by atoms with Gasteiger partial charge >= 0.3 is 0 Å². The first kappa shape index (κ1) is 34.9. The molecule has 0 heterocycles. The van der Waals surface area contributed by atoms with Crippen LogP contribution in [0.2, 0.25) is 0 Å². The van der Waals surface area contributed by atoms with Crippen molar-refractivity contribution in [2.24, 2.45) is 21.6 Å². The molecule has 0 bridgehead atoms. The van der Waals surface area contributed by atoms with Gasteiger partial charge in [0, 0.05) is 25.0 Å². The van der Waals surface area contributed by atoms with Crippen molar-refractivity contribution in [1.82, 2.24) is 9.91 Å². The standard InChI is InChI=1S/C25H38F2N6O2S.C3H8O2/c1-4-11-36-15-31-25(33(29)17-6-7-18(13-17)35-10-9-34)23(28)24(30-2)32(3)22-14-19(22)16-5-8-20(26)21(27)12-16;1-3(2,4)5/h5,8,12,17-19,22,34H,2,4,6-7,9-11,13-15,28-29H2,1,3H3;4-5H,1-2H3/b24-23-,31-25+;/t17?,18?,19?,22-;/m1./s1. The van der Waals surface area contributed by atoms with E-state index in [9.17, 15) is 8.78 Å². The summed E-state index contributed by atoms with van der Waals surface area (Å²) in [7, 11) is 1.86. The lowest BCUT2D eigenvalue weighted by atomic mass is 10.1. The predicted molar refractivity (Wildman–Crippen MR) is 160 cm³/mol. The van der Waals surface area contributed by atoms with E-state index in [2.05, 4.69) is 18.6 Å². The van der Waals surface area contributed by atoms with Crippen LogP contribution in [0.25, 0.3) is 0 Å². The van der Waals surface area contributed by atoms with E-state index >= 15 is 0 Å². The molecule has 7 N–H and O–H groups in total. The van der Waals surface area contributed by atoms with Crippen molar-refractivity contribution in [2.45, 2.75) is 82.8 Å². The highest BCUT2D eigenvalue weighted by atomic mass is 32.2. The lowest BCUT2D eigenvalue weighted by Gasteiger charge is -2.30. The van der Waals surface area contributed by atoms with Crippen LogP contribution in [0.3, 0.4) is 0 Å². The Bertz CT molecular complexity index is 1050. The monoisotopic (exact) mass is 600 g/mol. The zero-order valence-electron chi connectivity index (χ0n) is 24.5. The third-order valence-corrected chi connectivity index (χ3v) is 7.69. The maximum atomic E-state index is 13.8. The van der Waals surface area contributed by atoms with E-state index in [4.69, 9.17) is 36.6 Å². The maximum Gasteiger partial charge on any atom is 0.166 e. The number of aliphatic hydroxyl groups is 3. The van der Waals surface area contributed by atoms with E-state index < -0.39 is 17.4 Å². The van der Waals surface area contributed by atoms with Crippen molar-refractivity contribution < 1.29 is 28.8 Å². The molecule has 10 nitrogen and oxygen atoms in total. The zero-order chi connectivity index (χ0) is 30.7.